The van der Waals surface area contributed by atoms with Gasteiger partial charge in [-0.3, -0.25) is 9.59 Å². The van der Waals surface area contributed by atoms with E-state index in [0.717, 1.165) is 39.9 Å². The second kappa shape index (κ2) is 7.52. The van der Waals surface area contributed by atoms with Crippen LogP contribution in [0.1, 0.15) is 30.2 Å². The summed E-state index contributed by atoms with van der Waals surface area (Å²) in [7, 11) is 0. The SMILES string of the molecule is CCCN1CC(=O)N2Cc3[nH]c4ccc(OCc5ccccc5)cc4c3CC2C1=O. The lowest BCUT2D eigenvalue weighted by molar-refractivity contribution is -0.157. The van der Waals surface area contributed by atoms with Crippen molar-refractivity contribution >= 4 is 22.7 Å². The maximum atomic E-state index is 13.0. The smallest absolute Gasteiger partial charge is 0.246 e. The van der Waals surface area contributed by atoms with Gasteiger partial charge < -0.3 is 19.5 Å². The van der Waals surface area contributed by atoms with Gasteiger partial charge in [0.25, 0.3) is 0 Å². The lowest BCUT2D eigenvalue weighted by atomic mass is 9.94. The topological polar surface area (TPSA) is 65.6 Å². The lowest BCUT2D eigenvalue weighted by Gasteiger charge is -2.42. The van der Waals surface area contributed by atoms with Crippen LogP contribution in [0.4, 0.5) is 0 Å². The molecule has 0 saturated carbocycles. The molecular formula is C24H25N3O3. The highest BCUT2D eigenvalue weighted by atomic mass is 16.5. The van der Waals surface area contributed by atoms with Crippen molar-refractivity contribution in [2.45, 2.75) is 39.0 Å². The molecule has 1 unspecified atom stereocenters. The molecule has 2 amide bonds. The highest BCUT2D eigenvalue weighted by molar-refractivity contribution is 5.97. The number of benzene rings is 2. The zero-order valence-electron chi connectivity index (χ0n) is 17.1. The van der Waals surface area contributed by atoms with Crippen LogP contribution >= 0.6 is 0 Å². The molecule has 1 saturated heterocycles. The fourth-order valence-electron chi connectivity index (χ4n) is 4.55. The van der Waals surface area contributed by atoms with Gasteiger partial charge in [0.1, 0.15) is 18.4 Å². The molecule has 30 heavy (non-hydrogen) atoms. The van der Waals surface area contributed by atoms with Crippen LogP contribution in [-0.2, 0) is 29.2 Å². The van der Waals surface area contributed by atoms with E-state index in [9.17, 15) is 9.59 Å². The second-order valence-corrected chi connectivity index (χ2v) is 8.07. The highest BCUT2D eigenvalue weighted by Gasteiger charge is 2.42. The van der Waals surface area contributed by atoms with Crippen LogP contribution in [0.25, 0.3) is 10.9 Å². The van der Waals surface area contributed by atoms with Crippen molar-refractivity contribution in [3.05, 3.63) is 65.4 Å². The number of aromatic nitrogens is 1. The van der Waals surface area contributed by atoms with Crippen LogP contribution in [0.2, 0.25) is 0 Å². The van der Waals surface area contributed by atoms with Crippen molar-refractivity contribution in [1.82, 2.24) is 14.8 Å². The normalized spacial score (nSPS) is 18.5. The van der Waals surface area contributed by atoms with Crippen LogP contribution in [0.15, 0.2) is 48.5 Å². The van der Waals surface area contributed by atoms with E-state index in [4.69, 9.17) is 4.74 Å². The quantitative estimate of drug-likeness (QED) is 0.711. The summed E-state index contributed by atoms with van der Waals surface area (Å²) in [5.74, 6) is 0.895. The highest BCUT2D eigenvalue weighted by Crippen LogP contribution is 2.34. The lowest BCUT2D eigenvalue weighted by Crippen LogP contribution is -2.61. The third-order valence-corrected chi connectivity index (χ3v) is 6.05. The summed E-state index contributed by atoms with van der Waals surface area (Å²) in [6.07, 6.45) is 1.40. The van der Waals surface area contributed by atoms with Crippen molar-refractivity contribution in [2.24, 2.45) is 0 Å². The van der Waals surface area contributed by atoms with Crippen molar-refractivity contribution in [3.63, 3.8) is 0 Å². The van der Waals surface area contributed by atoms with Gasteiger partial charge in [-0.2, -0.15) is 0 Å². The Morgan fingerprint density at radius 2 is 1.93 bits per heavy atom. The number of carbonyl (C=O) groups excluding carboxylic acids is 2. The van der Waals surface area contributed by atoms with E-state index < -0.39 is 6.04 Å². The number of amides is 2. The number of rotatable bonds is 5. The van der Waals surface area contributed by atoms with Gasteiger partial charge >= 0.3 is 0 Å². The van der Waals surface area contributed by atoms with Crippen molar-refractivity contribution < 1.29 is 14.3 Å². The van der Waals surface area contributed by atoms with Gasteiger partial charge in [0.15, 0.2) is 0 Å². The summed E-state index contributed by atoms with van der Waals surface area (Å²) in [4.78, 5) is 32.5. The van der Waals surface area contributed by atoms with Gasteiger partial charge in [0.05, 0.1) is 13.1 Å². The van der Waals surface area contributed by atoms with Crippen LogP contribution in [0.3, 0.4) is 0 Å². The molecule has 154 valence electrons. The predicted octanol–water partition coefficient (Wildman–Crippen LogP) is 3.25. The first kappa shape index (κ1) is 18.7. The molecule has 3 heterocycles. The molecule has 2 aromatic carbocycles. The fourth-order valence-corrected chi connectivity index (χ4v) is 4.55. The summed E-state index contributed by atoms with van der Waals surface area (Å²) in [5, 5.41) is 1.07. The molecular weight excluding hydrogens is 378 g/mol. The van der Waals surface area contributed by atoms with Gasteiger partial charge in [0.2, 0.25) is 11.8 Å². The van der Waals surface area contributed by atoms with Gasteiger partial charge in [-0.15, -0.1) is 0 Å². The Labute approximate surface area is 175 Å². The molecule has 0 bridgehead atoms. The van der Waals surface area contributed by atoms with Gasteiger partial charge in [-0.25, -0.2) is 0 Å². The molecule has 3 aromatic rings. The van der Waals surface area contributed by atoms with E-state index in [1.165, 1.54) is 0 Å². The molecule has 6 heteroatoms. The number of hydrogen-bond acceptors (Lipinski definition) is 3. The standard InChI is InChI=1S/C24H25N3O3/c1-2-10-26-14-23(28)27-13-21-19(12-22(27)24(26)29)18-11-17(8-9-20(18)25-21)30-15-16-6-4-3-5-7-16/h3-9,11,22,25H,2,10,12-15H2,1H3. The monoisotopic (exact) mass is 403 g/mol. The molecule has 2 aliphatic rings. The average Bonchev–Trinajstić information content (AvgIpc) is 3.13. The Balaban J connectivity index is 1.43. The summed E-state index contributed by atoms with van der Waals surface area (Å²) in [5.41, 5.74) is 4.27. The minimum Gasteiger partial charge on any atom is -0.489 e. The number of nitrogens with zero attached hydrogens (tertiary/aromatic N) is 2. The van der Waals surface area contributed by atoms with Crippen molar-refractivity contribution in [1.29, 1.82) is 0 Å². The number of nitrogens with one attached hydrogen (secondary N) is 1. The molecule has 0 radical (unpaired) electrons. The van der Waals surface area contributed by atoms with Gasteiger partial charge in [0, 0.05) is 29.6 Å². The Morgan fingerprint density at radius 3 is 2.73 bits per heavy atom. The minimum atomic E-state index is -0.404. The van der Waals surface area contributed by atoms with Crippen LogP contribution < -0.4 is 4.74 Å². The van der Waals surface area contributed by atoms with Crippen LogP contribution in [0, 0.1) is 0 Å². The number of H-pyrrole nitrogens is 1. The number of carbonyl (C=O) groups is 2. The summed E-state index contributed by atoms with van der Waals surface area (Å²) in [6, 6.07) is 15.7. The first-order chi connectivity index (χ1) is 14.6. The average molecular weight is 403 g/mol. The zero-order valence-corrected chi connectivity index (χ0v) is 17.1. The minimum absolute atomic E-state index is 0.0317. The molecule has 5 rings (SSSR count). The van der Waals surface area contributed by atoms with Crippen molar-refractivity contribution in [2.75, 3.05) is 13.1 Å². The third-order valence-electron chi connectivity index (χ3n) is 6.05. The molecule has 1 atom stereocenters. The van der Waals surface area contributed by atoms with E-state index in [1.807, 2.05) is 55.5 Å². The van der Waals surface area contributed by atoms with E-state index in [-0.39, 0.29) is 18.4 Å². The first-order valence-electron chi connectivity index (χ1n) is 10.5. The fraction of sp³-hybridized carbons (Fsp3) is 0.333. The summed E-state index contributed by atoms with van der Waals surface area (Å²) < 4.78 is 6.00. The molecule has 2 aliphatic heterocycles. The number of aromatic amines is 1. The molecule has 6 nitrogen and oxygen atoms in total. The number of piperazine rings is 1. The van der Waals surface area contributed by atoms with E-state index in [1.54, 1.807) is 9.80 Å². The Hall–Kier alpha value is -3.28. The molecule has 1 fully saturated rings. The number of ether oxygens (including phenoxy) is 1. The summed E-state index contributed by atoms with van der Waals surface area (Å²) >= 11 is 0. The summed E-state index contributed by atoms with van der Waals surface area (Å²) in [6.45, 7) is 3.82. The molecule has 0 spiro atoms. The second-order valence-electron chi connectivity index (χ2n) is 8.07. The number of hydrogen-bond donors (Lipinski definition) is 1. The van der Waals surface area contributed by atoms with Crippen molar-refractivity contribution in [3.8, 4) is 5.75 Å². The van der Waals surface area contributed by atoms with Crippen LogP contribution in [-0.4, -0.2) is 45.7 Å². The predicted molar refractivity (Wildman–Crippen MR) is 114 cm³/mol. The molecule has 1 aromatic heterocycles. The van der Waals surface area contributed by atoms with Crippen LogP contribution in [0.5, 0.6) is 5.75 Å². The van der Waals surface area contributed by atoms with E-state index >= 15 is 0 Å². The Morgan fingerprint density at radius 1 is 1.10 bits per heavy atom. The Bertz CT molecular complexity index is 1110. The maximum absolute atomic E-state index is 13.0. The Kier molecular flexibility index (Phi) is 4.69. The van der Waals surface area contributed by atoms with Gasteiger partial charge in [-0.05, 0) is 35.7 Å². The van der Waals surface area contributed by atoms with Gasteiger partial charge in [-0.1, -0.05) is 37.3 Å². The molecule has 1 N–H and O–H groups in total. The zero-order chi connectivity index (χ0) is 20.7. The first-order valence-corrected chi connectivity index (χ1v) is 10.5. The largest absolute Gasteiger partial charge is 0.489 e. The molecule has 0 aliphatic carbocycles. The maximum Gasteiger partial charge on any atom is 0.246 e. The number of fused-ring (bicyclic) bond motifs is 4. The third kappa shape index (κ3) is 3.22. The van der Waals surface area contributed by atoms with E-state index in [0.29, 0.717) is 26.1 Å². The van der Waals surface area contributed by atoms with E-state index in [2.05, 4.69) is 4.98 Å².